The Hall–Kier alpha value is -3.47. The molecule has 1 fully saturated rings. The molecule has 1 saturated heterocycles. The van der Waals surface area contributed by atoms with Gasteiger partial charge < -0.3 is 4.90 Å². The monoisotopic (exact) mass is 424 g/mol. The number of rotatable bonds is 4. The van der Waals surface area contributed by atoms with Crippen molar-refractivity contribution in [3.05, 3.63) is 89.4 Å². The molecule has 0 N–H and O–H groups in total. The summed E-state index contributed by atoms with van der Waals surface area (Å²) in [5.74, 6) is 0.690. The molecule has 5 nitrogen and oxygen atoms in total. The average molecular weight is 425 g/mol. The van der Waals surface area contributed by atoms with Gasteiger partial charge in [-0.3, -0.25) is 4.79 Å². The van der Waals surface area contributed by atoms with E-state index in [9.17, 15) is 4.79 Å². The van der Waals surface area contributed by atoms with Gasteiger partial charge in [-0.1, -0.05) is 60.7 Å². The number of fused-ring (bicyclic) bond motifs is 1. The van der Waals surface area contributed by atoms with Crippen molar-refractivity contribution in [2.24, 2.45) is 5.92 Å². The summed E-state index contributed by atoms with van der Waals surface area (Å²) in [6.45, 7) is 5.54. The normalized spacial score (nSPS) is 14.8. The zero-order chi connectivity index (χ0) is 22.1. The molecule has 1 amide bonds. The maximum absolute atomic E-state index is 13.3. The standard InChI is InChI=1S/C27H28N4O/c1-19-25(23-11-7-4-8-12-23)26-28-18-24(20(2)31(26)29-19)27(32)30-15-13-22(14-16-30)17-21-9-5-3-6-10-21/h3-12,18,22H,13-17H2,1-2H3. The fraction of sp³-hybridized carbons (Fsp3) is 0.296. The first-order valence-electron chi connectivity index (χ1n) is 11.4. The highest BCUT2D eigenvalue weighted by Gasteiger charge is 2.26. The molecule has 0 unspecified atom stereocenters. The highest BCUT2D eigenvalue weighted by Crippen LogP contribution is 2.29. The lowest BCUT2D eigenvalue weighted by atomic mass is 9.90. The van der Waals surface area contributed by atoms with E-state index >= 15 is 0 Å². The van der Waals surface area contributed by atoms with Crippen LogP contribution in [0.4, 0.5) is 0 Å². The molecular formula is C27H28N4O. The van der Waals surface area contributed by atoms with Crippen LogP contribution in [0.2, 0.25) is 0 Å². The van der Waals surface area contributed by atoms with Crippen LogP contribution in [0.3, 0.4) is 0 Å². The Labute approximate surface area is 188 Å². The molecule has 0 radical (unpaired) electrons. The van der Waals surface area contributed by atoms with Crippen molar-refractivity contribution in [1.29, 1.82) is 0 Å². The Bertz CT molecular complexity index is 1240. The number of hydrogen-bond acceptors (Lipinski definition) is 3. The van der Waals surface area contributed by atoms with Gasteiger partial charge >= 0.3 is 0 Å². The second-order valence-corrected chi connectivity index (χ2v) is 8.74. The van der Waals surface area contributed by atoms with Crippen LogP contribution in [-0.4, -0.2) is 38.5 Å². The topological polar surface area (TPSA) is 50.5 Å². The Morgan fingerprint density at radius 1 is 0.969 bits per heavy atom. The minimum atomic E-state index is 0.0597. The van der Waals surface area contributed by atoms with Gasteiger partial charge in [0.25, 0.3) is 5.91 Å². The van der Waals surface area contributed by atoms with Crippen LogP contribution >= 0.6 is 0 Å². The Morgan fingerprint density at radius 2 is 1.62 bits per heavy atom. The van der Waals surface area contributed by atoms with E-state index in [2.05, 4.69) is 47.4 Å². The number of likely N-dealkylation sites (tertiary alicyclic amines) is 1. The van der Waals surface area contributed by atoms with Crippen LogP contribution < -0.4 is 0 Å². The summed E-state index contributed by atoms with van der Waals surface area (Å²) in [6, 6.07) is 20.8. The van der Waals surface area contributed by atoms with E-state index in [0.717, 1.165) is 60.5 Å². The molecule has 0 spiro atoms. The van der Waals surface area contributed by atoms with Crippen molar-refractivity contribution < 1.29 is 4.79 Å². The van der Waals surface area contributed by atoms with E-state index in [4.69, 9.17) is 5.10 Å². The number of benzene rings is 2. The van der Waals surface area contributed by atoms with Gasteiger partial charge in [-0.05, 0) is 50.2 Å². The zero-order valence-corrected chi connectivity index (χ0v) is 18.7. The van der Waals surface area contributed by atoms with Crippen molar-refractivity contribution in [3.8, 4) is 11.1 Å². The van der Waals surface area contributed by atoms with Gasteiger partial charge in [-0.2, -0.15) is 5.10 Å². The molecule has 162 valence electrons. The van der Waals surface area contributed by atoms with Crippen LogP contribution in [0.25, 0.3) is 16.8 Å². The predicted molar refractivity (Wildman–Crippen MR) is 127 cm³/mol. The van der Waals surface area contributed by atoms with Crippen LogP contribution in [0.5, 0.6) is 0 Å². The predicted octanol–water partition coefficient (Wildman–Crippen LogP) is 5.11. The van der Waals surface area contributed by atoms with Gasteiger partial charge in [0.05, 0.1) is 17.0 Å². The van der Waals surface area contributed by atoms with Crippen molar-refractivity contribution in [2.75, 3.05) is 13.1 Å². The smallest absolute Gasteiger partial charge is 0.257 e. The van der Waals surface area contributed by atoms with Gasteiger partial charge in [0.1, 0.15) is 0 Å². The van der Waals surface area contributed by atoms with Crippen molar-refractivity contribution >= 4 is 11.6 Å². The number of aromatic nitrogens is 3. The molecule has 4 aromatic rings. The van der Waals surface area contributed by atoms with E-state index in [1.165, 1.54) is 5.56 Å². The van der Waals surface area contributed by atoms with E-state index in [1.807, 2.05) is 41.5 Å². The molecule has 2 aromatic heterocycles. The van der Waals surface area contributed by atoms with Crippen molar-refractivity contribution in [2.45, 2.75) is 33.1 Å². The number of carbonyl (C=O) groups excluding carboxylic acids is 1. The molecule has 32 heavy (non-hydrogen) atoms. The second kappa shape index (κ2) is 8.58. The fourth-order valence-corrected chi connectivity index (χ4v) is 4.81. The maximum atomic E-state index is 13.3. The molecule has 2 aromatic carbocycles. The summed E-state index contributed by atoms with van der Waals surface area (Å²) >= 11 is 0. The Balaban J connectivity index is 1.35. The van der Waals surface area contributed by atoms with E-state index in [-0.39, 0.29) is 5.91 Å². The molecule has 0 atom stereocenters. The lowest BCUT2D eigenvalue weighted by molar-refractivity contribution is 0.0688. The quantitative estimate of drug-likeness (QED) is 0.458. The molecule has 0 aliphatic carbocycles. The summed E-state index contributed by atoms with van der Waals surface area (Å²) in [4.78, 5) is 20.0. The third kappa shape index (κ3) is 3.79. The van der Waals surface area contributed by atoms with Gasteiger partial charge in [0.2, 0.25) is 0 Å². The average Bonchev–Trinajstić information content (AvgIpc) is 3.17. The largest absolute Gasteiger partial charge is 0.339 e. The fourth-order valence-electron chi connectivity index (χ4n) is 4.81. The summed E-state index contributed by atoms with van der Waals surface area (Å²) in [6.07, 6.45) is 4.89. The number of aryl methyl sites for hydroxylation is 2. The minimum absolute atomic E-state index is 0.0597. The lowest BCUT2D eigenvalue weighted by Gasteiger charge is -2.32. The van der Waals surface area contributed by atoms with Crippen molar-refractivity contribution in [1.82, 2.24) is 19.5 Å². The van der Waals surface area contributed by atoms with E-state index in [1.54, 1.807) is 6.20 Å². The number of carbonyl (C=O) groups is 1. The van der Waals surface area contributed by atoms with Gasteiger partial charge in [0.15, 0.2) is 5.65 Å². The lowest BCUT2D eigenvalue weighted by Crippen LogP contribution is -2.39. The number of hydrogen-bond donors (Lipinski definition) is 0. The number of piperidine rings is 1. The second-order valence-electron chi connectivity index (χ2n) is 8.74. The Morgan fingerprint density at radius 3 is 2.31 bits per heavy atom. The molecule has 5 heteroatoms. The van der Waals surface area contributed by atoms with Crippen LogP contribution in [-0.2, 0) is 6.42 Å². The number of nitrogens with zero attached hydrogens (tertiary/aromatic N) is 4. The number of amides is 1. The summed E-state index contributed by atoms with van der Waals surface area (Å²) in [7, 11) is 0. The van der Waals surface area contributed by atoms with Crippen molar-refractivity contribution in [3.63, 3.8) is 0 Å². The zero-order valence-electron chi connectivity index (χ0n) is 18.7. The molecular weight excluding hydrogens is 396 g/mol. The first-order chi connectivity index (χ1) is 15.6. The molecule has 0 bridgehead atoms. The summed E-state index contributed by atoms with van der Waals surface area (Å²) in [5.41, 5.74) is 6.69. The third-order valence-corrected chi connectivity index (χ3v) is 6.62. The first kappa shape index (κ1) is 20.4. The molecule has 1 aliphatic heterocycles. The molecule has 3 heterocycles. The van der Waals surface area contributed by atoms with Crippen LogP contribution in [0, 0.1) is 19.8 Å². The summed E-state index contributed by atoms with van der Waals surface area (Å²) < 4.78 is 1.83. The van der Waals surface area contributed by atoms with E-state index < -0.39 is 0 Å². The van der Waals surface area contributed by atoms with Gasteiger partial charge in [-0.25, -0.2) is 9.50 Å². The van der Waals surface area contributed by atoms with Crippen LogP contribution in [0.1, 0.15) is 40.2 Å². The summed E-state index contributed by atoms with van der Waals surface area (Å²) in [5, 5.41) is 4.72. The first-order valence-corrected chi connectivity index (χ1v) is 11.4. The SMILES string of the molecule is Cc1nn2c(C)c(C(=O)N3CCC(Cc4ccccc4)CC3)cnc2c1-c1ccccc1. The van der Waals surface area contributed by atoms with E-state index in [0.29, 0.717) is 11.5 Å². The highest BCUT2D eigenvalue weighted by molar-refractivity contribution is 5.95. The maximum Gasteiger partial charge on any atom is 0.257 e. The Kier molecular flexibility index (Phi) is 5.48. The van der Waals surface area contributed by atoms with Gasteiger partial charge in [0, 0.05) is 24.8 Å². The minimum Gasteiger partial charge on any atom is -0.339 e. The highest BCUT2D eigenvalue weighted by atomic mass is 16.2. The molecule has 0 saturated carbocycles. The molecule has 1 aliphatic rings. The van der Waals surface area contributed by atoms with Crippen LogP contribution in [0.15, 0.2) is 66.9 Å². The third-order valence-electron chi connectivity index (χ3n) is 6.62. The molecule has 5 rings (SSSR count). The van der Waals surface area contributed by atoms with Gasteiger partial charge in [-0.15, -0.1) is 0 Å².